The van der Waals surface area contributed by atoms with Gasteiger partial charge in [0.15, 0.2) is 0 Å². The van der Waals surface area contributed by atoms with Gasteiger partial charge in [0.25, 0.3) is 10.0 Å². The fourth-order valence-electron chi connectivity index (χ4n) is 1.90. The van der Waals surface area contributed by atoms with Crippen molar-refractivity contribution in [2.45, 2.75) is 17.1 Å². The van der Waals surface area contributed by atoms with Crippen molar-refractivity contribution in [2.24, 2.45) is 5.92 Å². The number of thiophene rings is 1. The fraction of sp³-hybridized carbons (Fsp3) is 0.500. The second-order valence-corrected chi connectivity index (χ2v) is 7.08. The molecule has 17 heavy (non-hydrogen) atoms. The van der Waals surface area contributed by atoms with E-state index in [9.17, 15) is 13.2 Å². The van der Waals surface area contributed by atoms with Gasteiger partial charge in [0.05, 0.1) is 5.92 Å². The maximum Gasteiger partial charge on any atom is 0.307 e. The number of nitrogens with zero attached hydrogens (tertiary/aromatic N) is 1. The standard InChI is InChI=1S/C10H13NO4S2/c12-10(13)8-3-1-5-11(7-8)17(14,15)9-4-2-6-16-9/h2,4,6,8H,1,3,5,7H2,(H,12,13)/t8-/m1/s1. The maximum atomic E-state index is 12.2. The van der Waals surface area contributed by atoms with Crippen LogP contribution in [0.5, 0.6) is 0 Å². The minimum atomic E-state index is -3.50. The molecule has 1 N–H and O–H groups in total. The van der Waals surface area contributed by atoms with E-state index in [4.69, 9.17) is 5.11 Å². The summed E-state index contributed by atoms with van der Waals surface area (Å²) in [6, 6.07) is 3.22. The number of hydrogen-bond donors (Lipinski definition) is 1. The van der Waals surface area contributed by atoms with Crippen LogP contribution in [0.2, 0.25) is 0 Å². The molecule has 0 saturated carbocycles. The quantitative estimate of drug-likeness (QED) is 0.900. The van der Waals surface area contributed by atoms with E-state index in [1.165, 1.54) is 4.31 Å². The van der Waals surface area contributed by atoms with Crippen molar-refractivity contribution < 1.29 is 18.3 Å². The highest BCUT2D eigenvalue weighted by atomic mass is 32.2. The van der Waals surface area contributed by atoms with Crippen molar-refractivity contribution >= 4 is 27.3 Å². The van der Waals surface area contributed by atoms with Gasteiger partial charge in [-0.15, -0.1) is 11.3 Å². The molecule has 2 heterocycles. The summed E-state index contributed by atoms with van der Waals surface area (Å²) in [5.41, 5.74) is 0. The molecule has 1 saturated heterocycles. The zero-order valence-corrected chi connectivity index (χ0v) is 10.7. The Morgan fingerprint density at radius 1 is 1.53 bits per heavy atom. The average molecular weight is 275 g/mol. The molecule has 7 heteroatoms. The highest BCUT2D eigenvalue weighted by Crippen LogP contribution is 2.26. The molecule has 1 aliphatic rings. The molecule has 2 rings (SSSR count). The smallest absolute Gasteiger partial charge is 0.307 e. The predicted octanol–water partition coefficient (Wildman–Crippen LogP) is 1.23. The molecule has 1 atom stereocenters. The van der Waals surface area contributed by atoms with Crippen LogP contribution in [-0.2, 0) is 14.8 Å². The Labute approximate surface area is 104 Å². The minimum Gasteiger partial charge on any atom is -0.481 e. The third kappa shape index (κ3) is 2.51. The molecule has 1 aliphatic heterocycles. The Morgan fingerprint density at radius 2 is 2.29 bits per heavy atom. The van der Waals surface area contributed by atoms with Crippen LogP contribution in [0.3, 0.4) is 0 Å². The number of rotatable bonds is 3. The third-order valence-corrected chi connectivity index (χ3v) is 6.06. The van der Waals surface area contributed by atoms with E-state index in [-0.39, 0.29) is 10.8 Å². The number of aliphatic carboxylic acids is 1. The van der Waals surface area contributed by atoms with Crippen LogP contribution >= 0.6 is 11.3 Å². The summed E-state index contributed by atoms with van der Waals surface area (Å²) < 4.78 is 25.9. The first-order chi connectivity index (χ1) is 8.01. The third-order valence-electron chi connectivity index (χ3n) is 2.82. The van der Waals surface area contributed by atoms with Gasteiger partial charge in [0.2, 0.25) is 0 Å². The molecule has 0 aromatic carbocycles. The Hall–Kier alpha value is -0.920. The Morgan fingerprint density at radius 3 is 2.88 bits per heavy atom. The molecule has 0 unspecified atom stereocenters. The molecule has 0 bridgehead atoms. The van der Waals surface area contributed by atoms with Crippen LogP contribution in [0, 0.1) is 5.92 Å². The van der Waals surface area contributed by atoms with E-state index in [1.54, 1.807) is 17.5 Å². The fourth-order valence-corrected chi connectivity index (χ4v) is 4.57. The van der Waals surface area contributed by atoms with Crippen molar-refractivity contribution in [1.29, 1.82) is 0 Å². The lowest BCUT2D eigenvalue weighted by molar-refractivity contribution is -0.142. The zero-order chi connectivity index (χ0) is 12.5. The van der Waals surface area contributed by atoms with Gasteiger partial charge < -0.3 is 5.11 Å². The first kappa shape index (κ1) is 12.5. The number of carboxylic acid groups (broad SMARTS) is 1. The summed E-state index contributed by atoms with van der Waals surface area (Å²) in [5, 5.41) is 10.6. The first-order valence-corrected chi connectivity index (χ1v) is 7.60. The normalized spacial score (nSPS) is 22.5. The Kier molecular flexibility index (Phi) is 3.50. The van der Waals surface area contributed by atoms with Gasteiger partial charge >= 0.3 is 5.97 Å². The van der Waals surface area contributed by atoms with Gasteiger partial charge in [-0.05, 0) is 24.3 Å². The van der Waals surface area contributed by atoms with Crippen LogP contribution in [-0.4, -0.2) is 36.9 Å². The topological polar surface area (TPSA) is 74.7 Å². The maximum absolute atomic E-state index is 12.2. The number of carboxylic acids is 1. The van der Waals surface area contributed by atoms with E-state index in [2.05, 4.69) is 0 Å². The van der Waals surface area contributed by atoms with Crippen molar-refractivity contribution in [3.8, 4) is 0 Å². The molecule has 5 nitrogen and oxygen atoms in total. The molecule has 0 aliphatic carbocycles. The molecule has 0 radical (unpaired) electrons. The van der Waals surface area contributed by atoms with E-state index in [0.717, 1.165) is 11.3 Å². The van der Waals surface area contributed by atoms with Crippen molar-refractivity contribution in [3.63, 3.8) is 0 Å². The average Bonchev–Trinajstić information content (AvgIpc) is 2.83. The van der Waals surface area contributed by atoms with Gasteiger partial charge in [-0.3, -0.25) is 4.79 Å². The Balaban J connectivity index is 2.20. The molecular formula is C10H13NO4S2. The lowest BCUT2D eigenvalue weighted by atomic mass is 10.0. The molecule has 1 aromatic rings. The van der Waals surface area contributed by atoms with E-state index < -0.39 is 21.9 Å². The van der Waals surface area contributed by atoms with Gasteiger partial charge in [0.1, 0.15) is 4.21 Å². The van der Waals surface area contributed by atoms with Crippen LogP contribution in [0.4, 0.5) is 0 Å². The monoisotopic (exact) mass is 275 g/mol. The zero-order valence-electron chi connectivity index (χ0n) is 9.07. The van der Waals surface area contributed by atoms with E-state index in [1.807, 2.05) is 0 Å². The molecular weight excluding hydrogens is 262 g/mol. The largest absolute Gasteiger partial charge is 0.481 e. The number of carbonyl (C=O) groups is 1. The molecule has 0 amide bonds. The second kappa shape index (κ2) is 4.75. The summed E-state index contributed by atoms with van der Waals surface area (Å²) >= 11 is 1.16. The van der Waals surface area contributed by atoms with Gasteiger partial charge in [-0.2, -0.15) is 4.31 Å². The summed E-state index contributed by atoms with van der Waals surface area (Å²) in [4.78, 5) is 10.9. The molecule has 1 aromatic heterocycles. The summed E-state index contributed by atoms with van der Waals surface area (Å²) in [7, 11) is -3.50. The van der Waals surface area contributed by atoms with Gasteiger partial charge in [-0.25, -0.2) is 8.42 Å². The van der Waals surface area contributed by atoms with E-state index >= 15 is 0 Å². The van der Waals surface area contributed by atoms with Crippen molar-refractivity contribution in [1.82, 2.24) is 4.31 Å². The van der Waals surface area contributed by atoms with Gasteiger partial charge in [-0.1, -0.05) is 6.07 Å². The van der Waals surface area contributed by atoms with Crippen LogP contribution in [0.25, 0.3) is 0 Å². The second-order valence-electron chi connectivity index (χ2n) is 3.97. The van der Waals surface area contributed by atoms with Crippen molar-refractivity contribution in [2.75, 3.05) is 13.1 Å². The summed E-state index contributed by atoms with van der Waals surface area (Å²) in [5.74, 6) is -1.51. The lowest BCUT2D eigenvalue weighted by Gasteiger charge is -2.29. The van der Waals surface area contributed by atoms with E-state index in [0.29, 0.717) is 19.4 Å². The summed E-state index contributed by atoms with van der Waals surface area (Å²) in [6.45, 7) is 0.486. The number of hydrogen-bond acceptors (Lipinski definition) is 4. The molecule has 0 spiro atoms. The molecule has 94 valence electrons. The van der Waals surface area contributed by atoms with Crippen molar-refractivity contribution in [3.05, 3.63) is 17.5 Å². The SMILES string of the molecule is O=C(O)[C@@H]1CCCN(S(=O)(=O)c2cccs2)C1. The number of sulfonamides is 1. The predicted molar refractivity (Wildman–Crippen MR) is 63.4 cm³/mol. The number of piperidine rings is 1. The highest BCUT2D eigenvalue weighted by Gasteiger charge is 2.33. The van der Waals surface area contributed by atoms with Crippen LogP contribution in [0.15, 0.2) is 21.7 Å². The van der Waals surface area contributed by atoms with Gasteiger partial charge in [0, 0.05) is 13.1 Å². The first-order valence-electron chi connectivity index (χ1n) is 5.28. The Bertz CT molecular complexity index is 494. The highest BCUT2D eigenvalue weighted by molar-refractivity contribution is 7.91. The molecule has 1 fully saturated rings. The minimum absolute atomic E-state index is 0.0789. The lowest BCUT2D eigenvalue weighted by Crippen LogP contribution is -2.41. The van der Waals surface area contributed by atoms with Crippen LogP contribution < -0.4 is 0 Å². The summed E-state index contributed by atoms with van der Waals surface area (Å²) in [6.07, 6.45) is 1.15. The van der Waals surface area contributed by atoms with Crippen LogP contribution in [0.1, 0.15) is 12.8 Å².